The topological polar surface area (TPSA) is 12.5 Å². The molecule has 0 saturated carbocycles. The van der Waals surface area contributed by atoms with Crippen LogP contribution in [0.4, 0.5) is 4.11 Å². The minimum atomic E-state index is -3.61. The molecule has 1 aromatic carbocycles. The maximum atomic E-state index is 16.3. The Morgan fingerprint density at radius 3 is 1.59 bits per heavy atom. The lowest BCUT2D eigenvalue weighted by Crippen LogP contribution is -2.67. The predicted octanol–water partition coefficient (Wildman–Crippen LogP) is 5.01. The van der Waals surface area contributed by atoms with Gasteiger partial charge in [-0.1, -0.05) is 90.4 Å². The van der Waals surface area contributed by atoms with Gasteiger partial charge in [0.1, 0.15) is 16.5 Å². The van der Waals surface area contributed by atoms with Gasteiger partial charge in [-0.3, -0.25) is 4.11 Å². The molecule has 126 valence electrons. The molecule has 0 aromatic heterocycles. The maximum absolute atomic E-state index is 16.3. The molecule has 0 heterocycles. The van der Waals surface area contributed by atoms with Crippen LogP contribution in [0.15, 0.2) is 30.3 Å². The van der Waals surface area contributed by atoms with Gasteiger partial charge in [-0.15, -0.1) is 0 Å². The van der Waals surface area contributed by atoms with E-state index in [1.807, 2.05) is 51.1 Å². The molecule has 0 fully saturated rings. The molecular weight excluding hydrogens is 325 g/mol. The Bertz CT molecular complexity index is 477. The van der Waals surface area contributed by atoms with Crippen LogP contribution in [0.5, 0.6) is 0 Å². The molecule has 6 heteroatoms. The smallest absolute Gasteiger partial charge is 0.314 e. The molecule has 0 spiro atoms. The van der Waals surface area contributed by atoms with Gasteiger partial charge < -0.3 is 4.53 Å². The van der Waals surface area contributed by atoms with E-state index < -0.39 is 30.2 Å². The van der Waals surface area contributed by atoms with Gasteiger partial charge >= 0.3 is 8.65 Å². The van der Waals surface area contributed by atoms with E-state index in [9.17, 15) is 0 Å². The molecular formula is C16H32FNOSi3. The molecule has 2 nitrogen and oxygen atoms in total. The van der Waals surface area contributed by atoms with E-state index in [0.717, 1.165) is 5.19 Å². The number of rotatable bonds is 5. The summed E-state index contributed by atoms with van der Waals surface area (Å²) in [5.74, 6) is 0. The number of benzene rings is 1. The van der Waals surface area contributed by atoms with E-state index in [-0.39, 0.29) is 0 Å². The van der Waals surface area contributed by atoms with Crippen molar-refractivity contribution >= 4 is 30.3 Å². The molecule has 1 aromatic rings. The second-order valence-corrected chi connectivity index (χ2v) is 22.3. The summed E-state index contributed by atoms with van der Waals surface area (Å²) in [7, 11) is -7.17. The van der Waals surface area contributed by atoms with Crippen molar-refractivity contribution in [2.75, 3.05) is 0 Å². The molecule has 0 aliphatic heterocycles. The van der Waals surface area contributed by atoms with Gasteiger partial charge in [0.25, 0.3) is 0 Å². The van der Waals surface area contributed by atoms with E-state index in [4.69, 9.17) is 4.53 Å². The van der Waals surface area contributed by atoms with Crippen molar-refractivity contribution in [2.45, 2.75) is 65.1 Å². The number of halogens is 1. The fraction of sp³-hybridized carbons (Fsp3) is 0.625. The Morgan fingerprint density at radius 1 is 0.864 bits per heavy atom. The summed E-state index contributed by atoms with van der Waals surface area (Å²) in [6, 6.07) is 9.49. The largest absolute Gasteiger partial charge is 0.436 e. The van der Waals surface area contributed by atoms with Crippen LogP contribution in [0.1, 0.15) is 20.8 Å². The van der Waals surface area contributed by atoms with E-state index in [1.54, 1.807) is 0 Å². The monoisotopic (exact) mass is 357 g/mol. The maximum Gasteiger partial charge on any atom is 0.436 e. The molecule has 0 bridgehead atoms. The van der Waals surface area contributed by atoms with Crippen LogP contribution in [0.25, 0.3) is 0 Å². The van der Waals surface area contributed by atoms with E-state index in [1.165, 1.54) is 0 Å². The minimum Gasteiger partial charge on any atom is -0.314 e. The van der Waals surface area contributed by atoms with E-state index >= 15 is 4.11 Å². The molecule has 1 atom stereocenters. The highest BCUT2D eigenvalue weighted by Crippen LogP contribution is 2.40. The molecule has 0 radical (unpaired) electrons. The standard InChI is InChI=1S/C16H32FNOSi3/c1-16(2,3)22(17,15-13-11-10-12-14-15)19-18(20(4,5)6)21(7,8)9/h10-14H,1-9H3. The van der Waals surface area contributed by atoms with Gasteiger partial charge in [-0.05, 0) is 5.19 Å². The van der Waals surface area contributed by atoms with Crippen LogP contribution >= 0.6 is 0 Å². The molecule has 0 N–H and O–H groups in total. The summed E-state index contributed by atoms with van der Waals surface area (Å²) in [6.45, 7) is 19.3. The summed E-state index contributed by atoms with van der Waals surface area (Å²) in [6.07, 6.45) is 0. The van der Waals surface area contributed by atoms with Crippen molar-refractivity contribution in [2.24, 2.45) is 0 Å². The summed E-state index contributed by atoms with van der Waals surface area (Å²) in [5, 5.41) is 0.204. The van der Waals surface area contributed by atoms with Gasteiger partial charge in [0.15, 0.2) is 0 Å². The Morgan fingerprint density at radius 2 is 1.27 bits per heavy atom. The van der Waals surface area contributed by atoms with Crippen molar-refractivity contribution in [1.29, 1.82) is 0 Å². The average Bonchev–Trinajstić information content (AvgIpc) is 2.32. The molecule has 1 unspecified atom stereocenters. The summed E-state index contributed by atoms with van der Waals surface area (Å²) >= 11 is 0. The predicted molar refractivity (Wildman–Crippen MR) is 102 cm³/mol. The van der Waals surface area contributed by atoms with Gasteiger partial charge in [-0.25, -0.2) is 4.39 Å². The first kappa shape index (κ1) is 19.8. The van der Waals surface area contributed by atoms with Gasteiger partial charge in [0.05, 0.1) is 0 Å². The highest BCUT2D eigenvalue weighted by atomic mass is 28.4. The molecule has 0 aliphatic rings. The first-order valence-electron chi connectivity index (χ1n) is 7.93. The Kier molecular flexibility index (Phi) is 5.67. The zero-order chi connectivity index (χ0) is 17.4. The summed E-state index contributed by atoms with van der Waals surface area (Å²) in [5.41, 5.74) is 0. The van der Waals surface area contributed by atoms with Crippen LogP contribution < -0.4 is 5.19 Å². The second kappa shape index (κ2) is 6.32. The Labute approximate surface area is 139 Å². The normalized spacial score (nSPS) is 16.7. The van der Waals surface area contributed by atoms with E-state index in [0.29, 0.717) is 0 Å². The van der Waals surface area contributed by atoms with Crippen molar-refractivity contribution in [3.8, 4) is 0 Å². The number of hydrogen-bond donors (Lipinski definition) is 0. The fourth-order valence-corrected chi connectivity index (χ4v) is 15.8. The SMILES string of the molecule is CC(C)(C)[Si](F)(ON([Si](C)(C)C)[Si](C)(C)C)c1ccccc1. The minimum absolute atomic E-state index is 0.522. The zero-order valence-electron chi connectivity index (χ0n) is 15.6. The Hall–Kier alpha value is -0.279. The zero-order valence-corrected chi connectivity index (χ0v) is 18.6. The first-order valence-corrected chi connectivity index (χ1v) is 16.6. The fourth-order valence-electron chi connectivity index (χ4n) is 2.68. The highest BCUT2D eigenvalue weighted by Gasteiger charge is 2.55. The van der Waals surface area contributed by atoms with Gasteiger partial charge in [-0.2, -0.15) is 0 Å². The highest BCUT2D eigenvalue weighted by molar-refractivity contribution is 6.91. The quantitative estimate of drug-likeness (QED) is 0.417. The number of hydrogen-bond acceptors (Lipinski definition) is 2. The summed E-state index contributed by atoms with van der Waals surface area (Å²) < 4.78 is 24.7. The van der Waals surface area contributed by atoms with Gasteiger partial charge in [0, 0.05) is 5.04 Å². The van der Waals surface area contributed by atoms with Crippen molar-refractivity contribution in [3.05, 3.63) is 30.3 Å². The van der Waals surface area contributed by atoms with Crippen LogP contribution in [-0.2, 0) is 4.53 Å². The van der Waals surface area contributed by atoms with Crippen LogP contribution in [0.2, 0.25) is 44.3 Å². The first-order chi connectivity index (χ1) is 9.69. The van der Waals surface area contributed by atoms with E-state index in [2.05, 4.69) is 43.7 Å². The lowest BCUT2D eigenvalue weighted by molar-refractivity contribution is 0.0670. The molecule has 0 saturated heterocycles. The van der Waals surface area contributed by atoms with Gasteiger partial charge in [0.2, 0.25) is 0 Å². The third kappa shape index (κ3) is 4.38. The lowest BCUT2D eigenvalue weighted by Gasteiger charge is -2.48. The molecule has 0 aliphatic carbocycles. The molecule has 0 amide bonds. The van der Waals surface area contributed by atoms with Crippen molar-refractivity contribution in [3.63, 3.8) is 0 Å². The third-order valence-corrected chi connectivity index (χ3v) is 14.0. The second-order valence-electron chi connectivity index (χ2n) is 8.94. The third-order valence-electron chi connectivity index (χ3n) is 3.55. The van der Waals surface area contributed by atoms with Crippen molar-refractivity contribution in [1.82, 2.24) is 4.39 Å². The molecule has 22 heavy (non-hydrogen) atoms. The molecule has 1 rings (SSSR count). The van der Waals surface area contributed by atoms with Crippen LogP contribution in [0.3, 0.4) is 0 Å². The van der Waals surface area contributed by atoms with Crippen LogP contribution in [-0.4, -0.2) is 29.5 Å². The lowest BCUT2D eigenvalue weighted by atomic mass is 10.2. The number of nitrogens with zero attached hydrogens (tertiary/aromatic N) is 1. The van der Waals surface area contributed by atoms with Crippen molar-refractivity contribution < 1.29 is 8.63 Å². The summed E-state index contributed by atoms with van der Waals surface area (Å²) in [4.78, 5) is 0. The average molecular weight is 358 g/mol. The Balaban J connectivity index is 3.36. The van der Waals surface area contributed by atoms with Crippen LogP contribution in [0, 0.1) is 0 Å².